The number of para-hydroxylation sites is 3. The van der Waals surface area contributed by atoms with Gasteiger partial charge in [0, 0.05) is 60.6 Å². The highest BCUT2D eigenvalue weighted by Gasteiger charge is 2.41. The van der Waals surface area contributed by atoms with Crippen molar-refractivity contribution >= 4 is 100 Å². The van der Waals surface area contributed by atoms with Gasteiger partial charge >= 0.3 is 0 Å². The summed E-state index contributed by atoms with van der Waals surface area (Å²) in [6.45, 7) is 14.1. The van der Waals surface area contributed by atoms with Crippen LogP contribution in [-0.4, -0.2) is 15.7 Å². The molecule has 0 aliphatic carbocycles. The summed E-state index contributed by atoms with van der Waals surface area (Å²) in [6.07, 6.45) is 0. The Labute approximate surface area is 315 Å². The molecule has 12 rings (SSSR count). The predicted molar refractivity (Wildman–Crippen MR) is 232 cm³/mol. The van der Waals surface area contributed by atoms with Crippen molar-refractivity contribution < 1.29 is 0 Å². The van der Waals surface area contributed by atoms with E-state index in [2.05, 4.69) is 189 Å². The van der Waals surface area contributed by atoms with Crippen LogP contribution in [0.5, 0.6) is 0 Å². The SMILES string of the molecule is CC(C)(C)c1ccc2c(c1)c1cc(C(C)(C)C)cc3c4cc5c6cccc7c6n(c5cc4n2c13)-c1cccc2c1B7c1ccccc1N2c1ccccc1. The first-order valence-corrected chi connectivity index (χ1v) is 19.4. The molecule has 54 heavy (non-hydrogen) atoms. The largest absolute Gasteiger partial charge is 0.311 e. The highest BCUT2D eigenvalue weighted by molar-refractivity contribution is 7.00. The molecule has 4 heteroatoms. The van der Waals surface area contributed by atoms with Gasteiger partial charge in [-0.15, -0.1) is 0 Å². The Bertz CT molecular complexity index is 3240. The average Bonchev–Trinajstić information content (AvgIpc) is 3.79. The molecular weight excluding hydrogens is 653 g/mol. The van der Waals surface area contributed by atoms with Crippen LogP contribution in [0.4, 0.5) is 17.1 Å². The summed E-state index contributed by atoms with van der Waals surface area (Å²) < 4.78 is 5.16. The molecule has 3 aromatic heterocycles. The first-order chi connectivity index (χ1) is 26.1. The van der Waals surface area contributed by atoms with Gasteiger partial charge in [-0.05, 0) is 105 Å². The van der Waals surface area contributed by atoms with Crippen molar-refractivity contribution in [3.8, 4) is 5.69 Å². The number of rotatable bonds is 1. The molecule has 258 valence electrons. The average molecular weight is 694 g/mol. The van der Waals surface area contributed by atoms with E-state index in [1.807, 2.05) is 0 Å². The maximum absolute atomic E-state index is 2.59. The number of aromatic nitrogens is 2. The first kappa shape index (κ1) is 30.5. The summed E-state index contributed by atoms with van der Waals surface area (Å²) in [5, 5.41) is 8.02. The van der Waals surface area contributed by atoms with Crippen molar-refractivity contribution in [3.05, 3.63) is 145 Å². The summed E-state index contributed by atoms with van der Waals surface area (Å²) in [6, 6.07) is 51.0. The van der Waals surface area contributed by atoms with Crippen LogP contribution in [0.2, 0.25) is 0 Å². The van der Waals surface area contributed by atoms with Crippen molar-refractivity contribution in [2.24, 2.45) is 0 Å². The molecule has 5 heterocycles. The summed E-state index contributed by atoms with van der Waals surface area (Å²) in [4.78, 5) is 2.47. The molecule has 0 atom stereocenters. The molecule has 0 unspecified atom stereocenters. The Hall–Kier alpha value is -6.00. The molecule has 2 aliphatic rings. The van der Waals surface area contributed by atoms with Gasteiger partial charge in [0.1, 0.15) is 0 Å². The minimum atomic E-state index is 0.0178. The van der Waals surface area contributed by atoms with E-state index in [4.69, 9.17) is 0 Å². The van der Waals surface area contributed by atoms with Crippen molar-refractivity contribution in [1.29, 1.82) is 0 Å². The lowest BCUT2D eigenvalue weighted by molar-refractivity contribution is 0.590. The lowest BCUT2D eigenvalue weighted by Gasteiger charge is -2.40. The molecule has 0 radical (unpaired) electrons. The molecule has 0 N–H and O–H groups in total. The van der Waals surface area contributed by atoms with Crippen LogP contribution in [0.15, 0.2) is 133 Å². The third kappa shape index (κ3) is 3.73. The molecule has 0 saturated heterocycles. The second-order valence-electron chi connectivity index (χ2n) is 17.8. The van der Waals surface area contributed by atoms with E-state index in [-0.39, 0.29) is 17.5 Å². The Morgan fingerprint density at radius 2 is 1.06 bits per heavy atom. The van der Waals surface area contributed by atoms with E-state index < -0.39 is 0 Å². The van der Waals surface area contributed by atoms with E-state index in [0.717, 1.165) is 0 Å². The molecule has 0 bridgehead atoms. The Kier molecular flexibility index (Phi) is 5.61. The fourth-order valence-electron chi connectivity index (χ4n) is 10.1. The summed E-state index contributed by atoms with van der Waals surface area (Å²) in [5.74, 6) is 0. The number of hydrogen-bond donors (Lipinski definition) is 0. The van der Waals surface area contributed by atoms with Gasteiger partial charge in [0.15, 0.2) is 0 Å². The molecule has 3 nitrogen and oxygen atoms in total. The predicted octanol–water partition coefficient (Wildman–Crippen LogP) is 11.1. The van der Waals surface area contributed by atoms with E-state index >= 15 is 0 Å². The molecule has 0 saturated carbocycles. The summed E-state index contributed by atoms with van der Waals surface area (Å²) in [7, 11) is 0. The lowest BCUT2D eigenvalue weighted by Crippen LogP contribution is -2.60. The van der Waals surface area contributed by atoms with Crippen molar-refractivity contribution in [2.45, 2.75) is 52.4 Å². The Morgan fingerprint density at radius 1 is 0.426 bits per heavy atom. The second-order valence-corrected chi connectivity index (χ2v) is 17.8. The minimum absolute atomic E-state index is 0.0178. The zero-order valence-corrected chi connectivity index (χ0v) is 31.6. The van der Waals surface area contributed by atoms with Gasteiger partial charge in [-0.3, -0.25) is 0 Å². The number of hydrogen-bond acceptors (Lipinski definition) is 1. The monoisotopic (exact) mass is 693 g/mol. The Morgan fingerprint density at radius 3 is 1.83 bits per heavy atom. The third-order valence-corrected chi connectivity index (χ3v) is 12.7. The standard InChI is InChI=1S/C50H40BN3/c1-49(2,3)29-22-23-40-33(24-29)36-25-30(50(4,5)6)26-37-35-27-34-32-16-12-18-39-48(32)54(44(34)28-45(35)53(40)47(36)37)43-21-13-20-42-46(43)51(39)38-17-10-11-19-41(38)52(42)31-14-8-7-9-15-31/h7-28H,1-6H3. The van der Waals surface area contributed by atoms with Crippen molar-refractivity contribution in [1.82, 2.24) is 8.97 Å². The van der Waals surface area contributed by atoms with Crippen LogP contribution >= 0.6 is 0 Å². The first-order valence-electron chi connectivity index (χ1n) is 19.4. The van der Waals surface area contributed by atoms with Crippen LogP contribution in [0.3, 0.4) is 0 Å². The van der Waals surface area contributed by atoms with Crippen LogP contribution in [0.1, 0.15) is 52.7 Å². The molecule has 10 aromatic rings. The molecular formula is C50H40BN3. The fraction of sp³-hybridized carbons (Fsp3) is 0.160. The number of anilines is 3. The molecule has 0 amide bonds. The smallest absolute Gasteiger partial charge is 0.252 e. The van der Waals surface area contributed by atoms with Gasteiger partial charge in [-0.2, -0.15) is 0 Å². The van der Waals surface area contributed by atoms with Crippen molar-refractivity contribution in [3.63, 3.8) is 0 Å². The summed E-state index contributed by atoms with van der Waals surface area (Å²) in [5.41, 5.74) is 18.4. The van der Waals surface area contributed by atoms with Gasteiger partial charge in [0.25, 0.3) is 6.71 Å². The van der Waals surface area contributed by atoms with Crippen LogP contribution in [0.25, 0.3) is 65.6 Å². The molecule has 0 spiro atoms. The number of fused-ring (bicyclic) bond motifs is 13. The van der Waals surface area contributed by atoms with Crippen LogP contribution in [0, 0.1) is 0 Å². The quantitative estimate of drug-likeness (QED) is 0.156. The Balaban J connectivity index is 1.24. The number of nitrogens with zero attached hydrogens (tertiary/aromatic N) is 3. The van der Waals surface area contributed by atoms with E-state index in [1.54, 1.807) is 0 Å². The normalized spacial score (nSPS) is 14.0. The lowest BCUT2D eigenvalue weighted by atomic mass is 9.34. The molecule has 2 aliphatic heterocycles. The van der Waals surface area contributed by atoms with E-state index in [0.29, 0.717) is 0 Å². The topological polar surface area (TPSA) is 12.6 Å². The highest BCUT2D eigenvalue weighted by atomic mass is 15.2. The van der Waals surface area contributed by atoms with Gasteiger partial charge in [0.2, 0.25) is 0 Å². The molecule has 0 fully saturated rings. The zero-order chi connectivity index (χ0) is 36.4. The fourth-order valence-corrected chi connectivity index (χ4v) is 10.1. The maximum atomic E-state index is 2.59. The second kappa shape index (κ2) is 9.95. The van der Waals surface area contributed by atoms with Gasteiger partial charge in [-0.1, -0.05) is 108 Å². The van der Waals surface area contributed by atoms with Crippen molar-refractivity contribution in [2.75, 3.05) is 4.90 Å². The number of benzene rings is 7. The minimum Gasteiger partial charge on any atom is -0.311 e. The van der Waals surface area contributed by atoms with E-state index in [1.165, 1.54) is 110 Å². The highest BCUT2D eigenvalue weighted by Crippen LogP contribution is 2.46. The van der Waals surface area contributed by atoms with Crippen LogP contribution in [-0.2, 0) is 10.8 Å². The van der Waals surface area contributed by atoms with Gasteiger partial charge in [0.05, 0.1) is 22.1 Å². The van der Waals surface area contributed by atoms with E-state index in [9.17, 15) is 0 Å². The zero-order valence-electron chi connectivity index (χ0n) is 31.6. The van der Waals surface area contributed by atoms with Gasteiger partial charge < -0.3 is 13.9 Å². The molecule has 7 aromatic carbocycles. The van der Waals surface area contributed by atoms with Crippen LogP contribution < -0.4 is 21.3 Å². The summed E-state index contributed by atoms with van der Waals surface area (Å²) >= 11 is 0. The maximum Gasteiger partial charge on any atom is 0.252 e. The third-order valence-electron chi connectivity index (χ3n) is 12.7. The van der Waals surface area contributed by atoms with Gasteiger partial charge in [-0.25, -0.2) is 0 Å².